The number of nitro groups is 1. The van der Waals surface area contributed by atoms with Crippen LogP contribution in [0.5, 0.6) is 0 Å². The van der Waals surface area contributed by atoms with E-state index in [2.05, 4.69) is 20.2 Å². The van der Waals surface area contributed by atoms with Crippen molar-refractivity contribution in [1.29, 1.82) is 0 Å². The van der Waals surface area contributed by atoms with E-state index in [0.717, 1.165) is 40.6 Å². The van der Waals surface area contributed by atoms with Crippen LogP contribution in [0.1, 0.15) is 28.4 Å². The van der Waals surface area contributed by atoms with Gasteiger partial charge < -0.3 is 10.1 Å². The normalized spacial score (nSPS) is 11.6. The number of aromatic nitrogens is 1. The number of nitro benzene ring substituents is 1. The molecule has 0 radical (unpaired) electrons. The SMILES string of the molecule is CCc1cccc2c(/C=N/Nc3ccc(S(=O)(=O)Nc4ccccc4C(=O)O)cc3[N+](=O)[O-])c[nH]c12. The number of rotatable bonds is 9. The summed E-state index contributed by atoms with van der Waals surface area (Å²) in [6.07, 6.45) is 4.14. The summed E-state index contributed by atoms with van der Waals surface area (Å²) < 4.78 is 27.8. The Morgan fingerprint density at radius 3 is 2.64 bits per heavy atom. The summed E-state index contributed by atoms with van der Waals surface area (Å²) >= 11 is 0. The molecule has 36 heavy (non-hydrogen) atoms. The molecule has 4 rings (SSSR count). The standard InChI is InChI=1S/C24H21N5O6S/c1-2-15-6-5-8-18-16(13-25-23(15)18)14-26-27-21-11-10-17(12-22(21)29(32)33)36(34,35)28-20-9-4-3-7-19(20)24(30)31/h3-14,25,27-28H,2H2,1H3,(H,30,31)/b26-14+. The lowest BCUT2D eigenvalue weighted by molar-refractivity contribution is -0.384. The lowest BCUT2D eigenvalue weighted by Gasteiger charge is -2.11. The number of hydrogen-bond donors (Lipinski definition) is 4. The molecule has 1 aromatic heterocycles. The molecule has 3 aromatic carbocycles. The quantitative estimate of drug-likeness (QED) is 0.146. The fourth-order valence-electron chi connectivity index (χ4n) is 3.70. The number of benzene rings is 3. The lowest BCUT2D eigenvalue weighted by atomic mass is 10.1. The van der Waals surface area contributed by atoms with Gasteiger partial charge >= 0.3 is 5.97 Å². The second kappa shape index (κ2) is 9.88. The molecule has 0 atom stereocenters. The third kappa shape index (κ3) is 4.88. The van der Waals surface area contributed by atoms with Crippen molar-refractivity contribution >= 4 is 50.2 Å². The molecule has 0 amide bonds. The van der Waals surface area contributed by atoms with Crippen molar-refractivity contribution in [2.75, 3.05) is 10.1 Å². The molecule has 0 unspecified atom stereocenters. The number of anilines is 2. The van der Waals surface area contributed by atoms with E-state index in [9.17, 15) is 28.4 Å². The Morgan fingerprint density at radius 2 is 1.92 bits per heavy atom. The van der Waals surface area contributed by atoms with E-state index in [-0.39, 0.29) is 16.9 Å². The van der Waals surface area contributed by atoms with Crippen molar-refractivity contribution in [2.45, 2.75) is 18.2 Å². The number of nitrogens with one attached hydrogen (secondary N) is 3. The first-order chi connectivity index (χ1) is 17.2. The lowest BCUT2D eigenvalue weighted by Crippen LogP contribution is -2.16. The number of nitrogens with zero attached hydrogens (tertiary/aromatic N) is 2. The molecular formula is C24H21N5O6S. The molecule has 0 aliphatic heterocycles. The summed E-state index contributed by atoms with van der Waals surface area (Å²) in [4.78, 5) is 25.1. The molecule has 0 bridgehead atoms. The van der Waals surface area contributed by atoms with E-state index in [0.29, 0.717) is 0 Å². The van der Waals surface area contributed by atoms with Crippen molar-refractivity contribution in [3.63, 3.8) is 0 Å². The van der Waals surface area contributed by atoms with Crippen LogP contribution >= 0.6 is 0 Å². The number of sulfonamides is 1. The highest BCUT2D eigenvalue weighted by atomic mass is 32.2. The van der Waals surface area contributed by atoms with Crippen LogP contribution in [0.4, 0.5) is 17.1 Å². The zero-order valence-corrected chi connectivity index (χ0v) is 19.7. The molecule has 11 nitrogen and oxygen atoms in total. The summed E-state index contributed by atoms with van der Waals surface area (Å²) in [5, 5.41) is 26.0. The first kappa shape index (κ1) is 24.4. The number of hydrazone groups is 1. The molecule has 0 aliphatic rings. The van der Waals surface area contributed by atoms with E-state index in [1.165, 1.54) is 36.5 Å². The van der Waals surface area contributed by atoms with Crippen LogP contribution in [0.15, 0.2) is 76.9 Å². The van der Waals surface area contributed by atoms with E-state index in [1.807, 2.05) is 25.1 Å². The maximum Gasteiger partial charge on any atom is 0.337 e. The first-order valence-electron chi connectivity index (χ1n) is 10.7. The Morgan fingerprint density at radius 1 is 1.14 bits per heavy atom. The Bertz CT molecular complexity index is 1610. The van der Waals surface area contributed by atoms with Gasteiger partial charge in [-0.25, -0.2) is 13.2 Å². The molecule has 0 saturated heterocycles. The van der Waals surface area contributed by atoms with Crippen LogP contribution in [0.3, 0.4) is 0 Å². The maximum atomic E-state index is 12.8. The zero-order chi connectivity index (χ0) is 25.9. The van der Waals surface area contributed by atoms with Gasteiger partial charge in [-0.05, 0) is 36.2 Å². The number of fused-ring (bicyclic) bond motifs is 1. The fraction of sp³-hybridized carbons (Fsp3) is 0.0833. The van der Waals surface area contributed by atoms with Crippen molar-refractivity contribution in [3.05, 3.63) is 93.7 Å². The smallest absolute Gasteiger partial charge is 0.337 e. The summed E-state index contributed by atoms with van der Waals surface area (Å²) in [5.41, 5.74) is 4.55. The highest BCUT2D eigenvalue weighted by Crippen LogP contribution is 2.29. The van der Waals surface area contributed by atoms with Crippen LogP contribution < -0.4 is 10.1 Å². The summed E-state index contributed by atoms with van der Waals surface area (Å²) in [6.45, 7) is 2.05. The van der Waals surface area contributed by atoms with Gasteiger partial charge in [-0.1, -0.05) is 37.3 Å². The van der Waals surface area contributed by atoms with Crippen LogP contribution in [0, 0.1) is 10.1 Å². The highest BCUT2D eigenvalue weighted by molar-refractivity contribution is 7.92. The van der Waals surface area contributed by atoms with E-state index in [1.54, 1.807) is 6.20 Å². The van der Waals surface area contributed by atoms with E-state index in [4.69, 9.17) is 0 Å². The predicted molar refractivity (Wildman–Crippen MR) is 136 cm³/mol. The Hall–Kier alpha value is -4.71. The Kier molecular flexibility index (Phi) is 6.70. The number of aromatic amines is 1. The van der Waals surface area contributed by atoms with Crippen molar-refractivity contribution in [2.24, 2.45) is 5.10 Å². The molecule has 184 valence electrons. The van der Waals surface area contributed by atoms with Crippen LogP contribution in [-0.4, -0.2) is 35.6 Å². The number of carboxylic acids is 1. The van der Waals surface area contributed by atoms with Crippen molar-refractivity contribution in [1.82, 2.24) is 4.98 Å². The number of aryl methyl sites for hydroxylation is 1. The first-order valence-corrected chi connectivity index (χ1v) is 12.2. The molecule has 0 aliphatic carbocycles. The van der Waals surface area contributed by atoms with Crippen LogP contribution in [0.2, 0.25) is 0 Å². The minimum absolute atomic E-state index is 0.0183. The average Bonchev–Trinajstić information content (AvgIpc) is 3.27. The largest absolute Gasteiger partial charge is 0.478 e. The summed E-state index contributed by atoms with van der Waals surface area (Å²) in [7, 11) is -4.32. The number of carboxylic acid groups (broad SMARTS) is 1. The fourth-order valence-corrected chi connectivity index (χ4v) is 4.80. The van der Waals surface area contributed by atoms with Gasteiger partial charge in [0.25, 0.3) is 15.7 Å². The summed E-state index contributed by atoms with van der Waals surface area (Å²) in [6, 6.07) is 14.6. The number of H-pyrrole nitrogens is 1. The van der Waals surface area contributed by atoms with Crippen molar-refractivity contribution < 1.29 is 23.2 Å². The molecular weight excluding hydrogens is 486 g/mol. The third-order valence-electron chi connectivity index (χ3n) is 5.48. The zero-order valence-electron chi connectivity index (χ0n) is 18.9. The topological polar surface area (TPSA) is 167 Å². The number of carbonyl (C=O) groups is 1. The molecule has 12 heteroatoms. The van der Waals surface area contributed by atoms with Gasteiger partial charge in [0.05, 0.1) is 27.3 Å². The second-order valence-electron chi connectivity index (χ2n) is 7.70. The van der Waals surface area contributed by atoms with Gasteiger partial charge in [0.1, 0.15) is 5.69 Å². The highest BCUT2D eigenvalue weighted by Gasteiger charge is 2.23. The second-order valence-corrected chi connectivity index (χ2v) is 9.38. The van der Waals surface area contributed by atoms with Gasteiger partial charge in [0, 0.05) is 28.7 Å². The number of hydrogen-bond acceptors (Lipinski definition) is 7. The Balaban J connectivity index is 1.60. The Labute approximate surface area is 205 Å². The van der Waals surface area contributed by atoms with Gasteiger partial charge in [0.15, 0.2) is 0 Å². The number of aromatic carboxylic acids is 1. The monoisotopic (exact) mass is 507 g/mol. The molecule has 0 spiro atoms. The molecule has 4 N–H and O–H groups in total. The van der Waals surface area contributed by atoms with Gasteiger partial charge in [0.2, 0.25) is 0 Å². The van der Waals surface area contributed by atoms with E-state index < -0.39 is 31.5 Å². The number of para-hydroxylation sites is 2. The summed E-state index contributed by atoms with van der Waals surface area (Å²) in [5.74, 6) is -1.32. The average molecular weight is 508 g/mol. The molecule has 0 fully saturated rings. The van der Waals surface area contributed by atoms with E-state index >= 15 is 0 Å². The molecule has 4 aromatic rings. The minimum atomic E-state index is -4.32. The van der Waals surface area contributed by atoms with Crippen LogP contribution in [-0.2, 0) is 16.4 Å². The third-order valence-corrected chi connectivity index (χ3v) is 6.84. The molecule has 1 heterocycles. The van der Waals surface area contributed by atoms with Crippen LogP contribution in [0.25, 0.3) is 10.9 Å². The van der Waals surface area contributed by atoms with Crippen molar-refractivity contribution in [3.8, 4) is 0 Å². The molecule has 0 saturated carbocycles. The maximum absolute atomic E-state index is 12.8. The van der Waals surface area contributed by atoms with Gasteiger partial charge in [-0.2, -0.15) is 5.10 Å². The van der Waals surface area contributed by atoms with Gasteiger partial charge in [-0.15, -0.1) is 0 Å². The predicted octanol–water partition coefficient (Wildman–Crippen LogP) is 4.58. The minimum Gasteiger partial charge on any atom is -0.478 e. The van der Waals surface area contributed by atoms with Gasteiger partial charge in [-0.3, -0.25) is 20.3 Å².